The Morgan fingerprint density at radius 1 is 1.00 bits per heavy atom. The zero-order valence-electron chi connectivity index (χ0n) is 15.4. The second kappa shape index (κ2) is 9.15. The molecule has 0 fully saturated rings. The Bertz CT molecular complexity index is 987. The highest BCUT2D eigenvalue weighted by Gasteiger charge is 2.08. The smallest absolute Gasteiger partial charge is 0.255 e. The van der Waals surface area contributed by atoms with Crippen LogP contribution in [0, 0.1) is 0 Å². The SMILES string of the molecule is CC(=O)c1ccc(NC(=O)c2ccnc(NCCc3cccc(Cl)c3)c2)cc1. The van der Waals surface area contributed by atoms with Crippen molar-refractivity contribution >= 4 is 34.8 Å². The molecule has 1 heterocycles. The lowest BCUT2D eigenvalue weighted by atomic mass is 10.1. The van der Waals surface area contributed by atoms with Crippen LogP contribution in [0.2, 0.25) is 5.02 Å². The first kappa shape index (κ1) is 19.6. The lowest BCUT2D eigenvalue weighted by Crippen LogP contribution is -2.13. The number of hydrogen-bond donors (Lipinski definition) is 2. The van der Waals surface area contributed by atoms with Crippen molar-refractivity contribution in [1.82, 2.24) is 4.98 Å². The van der Waals surface area contributed by atoms with E-state index in [1.54, 1.807) is 42.6 Å². The van der Waals surface area contributed by atoms with E-state index in [4.69, 9.17) is 11.6 Å². The van der Waals surface area contributed by atoms with Gasteiger partial charge in [0.05, 0.1) is 0 Å². The average molecular weight is 394 g/mol. The van der Waals surface area contributed by atoms with Gasteiger partial charge in [0.1, 0.15) is 5.82 Å². The van der Waals surface area contributed by atoms with Gasteiger partial charge in [-0.2, -0.15) is 0 Å². The molecule has 0 spiro atoms. The summed E-state index contributed by atoms with van der Waals surface area (Å²) in [7, 11) is 0. The third kappa shape index (κ3) is 5.41. The predicted molar refractivity (Wildman–Crippen MR) is 112 cm³/mol. The van der Waals surface area contributed by atoms with E-state index in [0.717, 1.165) is 12.0 Å². The van der Waals surface area contributed by atoms with Gasteiger partial charge < -0.3 is 10.6 Å². The number of carbonyl (C=O) groups is 2. The fourth-order valence-electron chi connectivity index (χ4n) is 2.69. The van der Waals surface area contributed by atoms with Crippen LogP contribution in [0.1, 0.15) is 33.2 Å². The zero-order valence-corrected chi connectivity index (χ0v) is 16.2. The number of nitrogens with one attached hydrogen (secondary N) is 2. The van der Waals surface area contributed by atoms with Gasteiger partial charge in [-0.25, -0.2) is 4.98 Å². The van der Waals surface area contributed by atoms with Gasteiger partial charge in [-0.05, 0) is 67.4 Å². The summed E-state index contributed by atoms with van der Waals surface area (Å²) >= 11 is 5.99. The monoisotopic (exact) mass is 393 g/mol. The van der Waals surface area contributed by atoms with Crippen molar-refractivity contribution in [3.05, 3.63) is 88.6 Å². The number of pyridine rings is 1. The Kier molecular flexibility index (Phi) is 6.40. The molecule has 0 saturated heterocycles. The van der Waals surface area contributed by atoms with E-state index >= 15 is 0 Å². The first-order chi connectivity index (χ1) is 13.5. The van der Waals surface area contributed by atoms with Crippen molar-refractivity contribution in [2.75, 3.05) is 17.2 Å². The molecule has 2 aromatic carbocycles. The molecule has 0 atom stereocenters. The predicted octanol–water partition coefficient (Wildman–Crippen LogP) is 4.84. The van der Waals surface area contributed by atoms with E-state index in [0.29, 0.717) is 34.2 Å². The van der Waals surface area contributed by atoms with Gasteiger partial charge in [0, 0.05) is 34.6 Å². The van der Waals surface area contributed by atoms with E-state index in [2.05, 4.69) is 15.6 Å². The summed E-state index contributed by atoms with van der Waals surface area (Å²) in [6, 6.07) is 17.9. The van der Waals surface area contributed by atoms with Crippen molar-refractivity contribution in [2.24, 2.45) is 0 Å². The minimum atomic E-state index is -0.240. The summed E-state index contributed by atoms with van der Waals surface area (Å²) in [6.07, 6.45) is 2.39. The molecule has 1 aromatic heterocycles. The third-order valence-electron chi connectivity index (χ3n) is 4.18. The Morgan fingerprint density at radius 2 is 1.79 bits per heavy atom. The van der Waals surface area contributed by atoms with Crippen LogP contribution in [-0.2, 0) is 6.42 Å². The van der Waals surface area contributed by atoms with E-state index in [9.17, 15) is 9.59 Å². The Morgan fingerprint density at radius 3 is 2.50 bits per heavy atom. The van der Waals surface area contributed by atoms with Gasteiger partial charge in [0.2, 0.25) is 0 Å². The minimum absolute atomic E-state index is 0.0134. The van der Waals surface area contributed by atoms with Crippen LogP contribution in [0.3, 0.4) is 0 Å². The third-order valence-corrected chi connectivity index (χ3v) is 4.42. The first-order valence-corrected chi connectivity index (χ1v) is 9.26. The number of nitrogens with zero attached hydrogens (tertiary/aromatic N) is 1. The number of anilines is 2. The van der Waals surface area contributed by atoms with Gasteiger partial charge >= 0.3 is 0 Å². The number of carbonyl (C=O) groups excluding carboxylic acids is 2. The van der Waals surface area contributed by atoms with Gasteiger partial charge in [0.15, 0.2) is 5.78 Å². The summed E-state index contributed by atoms with van der Waals surface area (Å²) in [5, 5.41) is 6.75. The molecule has 28 heavy (non-hydrogen) atoms. The van der Waals surface area contributed by atoms with Gasteiger partial charge in [-0.3, -0.25) is 9.59 Å². The van der Waals surface area contributed by atoms with Crippen LogP contribution in [0.5, 0.6) is 0 Å². The van der Waals surface area contributed by atoms with Crippen molar-refractivity contribution in [1.29, 1.82) is 0 Å². The maximum atomic E-state index is 12.5. The number of halogens is 1. The first-order valence-electron chi connectivity index (χ1n) is 8.88. The second-order valence-electron chi connectivity index (χ2n) is 6.32. The number of aromatic nitrogens is 1. The van der Waals surface area contributed by atoms with Crippen LogP contribution in [0.4, 0.5) is 11.5 Å². The van der Waals surface area contributed by atoms with Gasteiger partial charge in [-0.15, -0.1) is 0 Å². The summed E-state index contributed by atoms with van der Waals surface area (Å²) in [6.45, 7) is 2.18. The molecular formula is C22H20ClN3O2. The Hall–Kier alpha value is -3.18. The van der Waals surface area contributed by atoms with Crippen LogP contribution in [-0.4, -0.2) is 23.2 Å². The summed E-state index contributed by atoms with van der Waals surface area (Å²) in [5.41, 5.74) is 2.86. The summed E-state index contributed by atoms with van der Waals surface area (Å²) in [5.74, 6) is 0.373. The van der Waals surface area contributed by atoms with Gasteiger partial charge in [0.25, 0.3) is 5.91 Å². The normalized spacial score (nSPS) is 10.4. The molecule has 2 N–H and O–H groups in total. The molecule has 6 heteroatoms. The number of amides is 1. The van der Waals surface area contributed by atoms with E-state index in [-0.39, 0.29) is 11.7 Å². The topological polar surface area (TPSA) is 71.1 Å². The van der Waals surface area contributed by atoms with Gasteiger partial charge in [-0.1, -0.05) is 23.7 Å². The zero-order chi connectivity index (χ0) is 19.9. The van der Waals surface area contributed by atoms with E-state index in [1.807, 2.05) is 24.3 Å². The molecule has 0 bridgehead atoms. The van der Waals surface area contributed by atoms with E-state index in [1.165, 1.54) is 6.92 Å². The fourth-order valence-corrected chi connectivity index (χ4v) is 2.90. The lowest BCUT2D eigenvalue weighted by molar-refractivity contribution is 0.101. The Balaban J connectivity index is 1.58. The van der Waals surface area contributed by atoms with E-state index < -0.39 is 0 Å². The van der Waals surface area contributed by atoms with Crippen molar-refractivity contribution in [3.63, 3.8) is 0 Å². The molecule has 3 aromatic rings. The number of hydrogen-bond acceptors (Lipinski definition) is 4. The molecule has 3 rings (SSSR count). The highest BCUT2D eigenvalue weighted by atomic mass is 35.5. The fraction of sp³-hybridized carbons (Fsp3) is 0.136. The number of ketones is 1. The molecule has 0 aliphatic carbocycles. The summed E-state index contributed by atoms with van der Waals surface area (Å²) < 4.78 is 0. The second-order valence-corrected chi connectivity index (χ2v) is 6.76. The standard InChI is InChI=1S/C22H20ClN3O2/c1-15(27)17-5-7-20(8-6-17)26-22(28)18-10-12-25-21(14-18)24-11-9-16-3-2-4-19(23)13-16/h2-8,10,12-14H,9,11H2,1H3,(H,24,25)(H,26,28). The highest BCUT2D eigenvalue weighted by molar-refractivity contribution is 6.30. The molecule has 0 unspecified atom stereocenters. The van der Waals surface area contributed by atoms with Crippen LogP contribution < -0.4 is 10.6 Å². The maximum Gasteiger partial charge on any atom is 0.255 e. The summed E-state index contributed by atoms with van der Waals surface area (Å²) in [4.78, 5) is 28.0. The van der Waals surface area contributed by atoms with Crippen LogP contribution in [0.15, 0.2) is 66.9 Å². The highest BCUT2D eigenvalue weighted by Crippen LogP contribution is 2.14. The number of rotatable bonds is 7. The molecule has 0 aliphatic rings. The minimum Gasteiger partial charge on any atom is -0.370 e. The lowest BCUT2D eigenvalue weighted by Gasteiger charge is -2.09. The maximum absolute atomic E-state index is 12.5. The molecule has 0 saturated carbocycles. The number of benzene rings is 2. The Labute approximate surface area is 168 Å². The molecule has 0 aliphatic heterocycles. The molecule has 1 amide bonds. The number of Topliss-reactive ketones (excluding diaryl/α,β-unsaturated/α-hetero) is 1. The van der Waals surface area contributed by atoms with Crippen molar-refractivity contribution in [3.8, 4) is 0 Å². The van der Waals surface area contributed by atoms with Crippen LogP contribution >= 0.6 is 11.6 Å². The van der Waals surface area contributed by atoms with Crippen molar-refractivity contribution in [2.45, 2.75) is 13.3 Å². The largest absolute Gasteiger partial charge is 0.370 e. The molecular weight excluding hydrogens is 374 g/mol. The average Bonchev–Trinajstić information content (AvgIpc) is 2.69. The van der Waals surface area contributed by atoms with Crippen molar-refractivity contribution < 1.29 is 9.59 Å². The molecule has 5 nitrogen and oxygen atoms in total. The van der Waals surface area contributed by atoms with Crippen LogP contribution in [0.25, 0.3) is 0 Å². The molecule has 0 radical (unpaired) electrons. The molecule has 142 valence electrons. The quantitative estimate of drug-likeness (QED) is 0.563.